The Morgan fingerprint density at radius 3 is 2.21 bits per heavy atom. The molecule has 0 spiro atoms. The highest BCUT2D eigenvalue weighted by atomic mass is 32.2. The Balaban J connectivity index is 1.40. The molecule has 3 aromatic carbocycles. The third kappa shape index (κ3) is 5.98. The molecule has 3 heterocycles. The third-order valence-electron chi connectivity index (χ3n) is 8.53. The molecule has 47 heavy (non-hydrogen) atoms. The summed E-state index contributed by atoms with van der Waals surface area (Å²) in [6.45, 7) is 7.02. The zero-order valence-electron chi connectivity index (χ0n) is 25.7. The van der Waals surface area contributed by atoms with Crippen molar-refractivity contribution in [2.24, 2.45) is 5.92 Å². The number of rotatable bonds is 8. The van der Waals surface area contributed by atoms with Crippen LogP contribution in [0.3, 0.4) is 0 Å². The van der Waals surface area contributed by atoms with E-state index in [1.54, 1.807) is 12.1 Å². The van der Waals surface area contributed by atoms with E-state index in [1.807, 2.05) is 57.2 Å². The highest BCUT2D eigenvalue weighted by molar-refractivity contribution is 8.00. The maximum atomic E-state index is 14.1. The lowest BCUT2D eigenvalue weighted by atomic mass is 9.83. The van der Waals surface area contributed by atoms with Gasteiger partial charge in [-0.05, 0) is 62.7 Å². The summed E-state index contributed by atoms with van der Waals surface area (Å²) in [5, 5.41) is 1.76. The summed E-state index contributed by atoms with van der Waals surface area (Å²) in [5.41, 5.74) is 1.70. The topological polar surface area (TPSA) is 91.7 Å². The fourth-order valence-electron chi connectivity index (χ4n) is 6.22. The third-order valence-corrected chi connectivity index (χ3v) is 11.1. The smallest absolute Gasteiger partial charge is 0.372 e. The molecule has 0 bridgehead atoms. The van der Waals surface area contributed by atoms with Gasteiger partial charge in [0.15, 0.2) is 0 Å². The van der Waals surface area contributed by atoms with Gasteiger partial charge in [0.05, 0.1) is 27.9 Å². The van der Waals surface area contributed by atoms with Crippen molar-refractivity contribution in [2.75, 3.05) is 28.2 Å². The van der Waals surface area contributed by atoms with Crippen molar-refractivity contribution in [1.82, 2.24) is 4.57 Å². The summed E-state index contributed by atoms with van der Waals surface area (Å²) in [6, 6.07) is 19.4. The van der Waals surface area contributed by atoms with E-state index in [0.29, 0.717) is 15.6 Å². The number of nitrogens with one attached hydrogen (secondary N) is 1. The van der Waals surface area contributed by atoms with Gasteiger partial charge in [-0.1, -0.05) is 65.1 Å². The minimum atomic E-state index is -4.69. The Bertz CT molecular complexity index is 1900. The lowest BCUT2D eigenvalue weighted by Gasteiger charge is -2.31. The Kier molecular flexibility index (Phi) is 8.79. The number of hydrogen-bond donors (Lipinski definition) is 1. The first-order valence-electron chi connectivity index (χ1n) is 15.1. The molecule has 0 aliphatic carbocycles. The molecule has 2 aliphatic rings. The molecule has 2 aliphatic heterocycles. The van der Waals surface area contributed by atoms with Gasteiger partial charge in [0.1, 0.15) is 11.8 Å². The summed E-state index contributed by atoms with van der Waals surface area (Å²) in [7, 11) is 0. The van der Waals surface area contributed by atoms with Crippen molar-refractivity contribution < 1.29 is 27.6 Å². The van der Waals surface area contributed by atoms with Crippen LogP contribution in [0, 0.1) is 12.8 Å². The Labute approximate surface area is 277 Å². The van der Waals surface area contributed by atoms with E-state index in [9.17, 15) is 32.3 Å². The standard InChI is InChI=1S/C34H31F3N4O4S2/c1-4-39(5-2)21-16-12-20(13-17-21)26-27-28(31(44)41(30(27)43)22-14-10-19(3)11-15-22)46-32-29(26)47-33(45)40(32)18-25(42)38-24-9-7-6-8-23(24)34(35,36)37/h6-17,26-28H,4-5,18H2,1-3H3,(H,38,42)/t26-,27?,28?/m1/s1. The van der Waals surface area contributed by atoms with Crippen molar-refractivity contribution in [3.63, 3.8) is 0 Å². The van der Waals surface area contributed by atoms with Crippen LogP contribution in [0.5, 0.6) is 0 Å². The number of thiazole rings is 1. The molecule has 244 valence electrons. The monoisotopic (exact) mass is 680 g/mol. The number of amides is 3. The summed E-state index contributed by atoms with van der Waals surface area (Å²) in [4.78, 5) is 58.1. The van der Waals surface area contributed by atoms with Crippen LogP contribution >= 0.6 is 23.1 Å². The molecule has 6 rings (SSSR count). The number of imide groups is 1. The number of benzene rings is 3. The fraction of sp³-hybridized carbons (Fsp3) is 0.294. The van der Waals surface area contributed by atoms with Gasteiger partial charge in [-0.15, -0.1) is 0 Å². The number of para-hydroxylation sites is 1. The normalized spacial score (nSPS) is 19.0. The van der Waals surface area contributed by atoms with Crippen LogP contribution in [-0.2, 0) is 27.1 Å². The highest BCUT2D eigenvalue weighted by Crippen LogP contribution is 2.54. The van der Waals surface area contributed by atoms with Gasteiger partial charge in [-0.25, -0.2) is 4.90 Å². The van der Waals surface area contributed by atoms with Crippen molar-refractivity contribution in [3.05, 3.63) is 104 Å². The van der Waals surface area contributed by atoms with E-state index >= 15 is 0 Å². The Hall–Kier alpha value is -4.36. The molecule has 0 radical (unpaired) electrons. The van der Waals surface area contributed by atoms with Crippen LogP contribution in [0.25, 0.3) is 0 Å². The van der Waals surface area contributed by atoms with Crippen LogP contribution in [-0.4, -0.2) is 40.6 Å². The number of carbonyl (C=O) groups is 3. The summed E-state index contributed by atoms with van der Waals surface area (Å²) >= 11 is 1.93. The molecular formula is C34H31F3N4O4S2. The number of aryl methyl sites for hydroxylation is 1. The zero-order valence-corrected chi connectivity index (χ0v) is 27.3. The van der Waals surface area contributed by atoms with Crippen molar-refractivity contribution >= 4 is 57.9 Å². The van der Waals surface area contributed by atoms with Crippen LogP contribution < -0.4 is 20.0 Å². The van der Waals surface area contributed by atoms with E-state index in [-0.39, 0.29) is 5.91 Å². The average Bonchev–Trinajstić information content (AvgIpc) is 3.48. The minimum Gasteiger partial charge on any atom is -0.372 e. The largest absolute Gasteiger partial charge is 0.418 e. The van der Waals surface area contributed by atoms with Crippen LogP contribution in [0.2, 0.25) is 0 Å². The first-order chi connectivity index (χ1) is 22.4. The number of fused-ring (bicyclic) bond motifs is 2. The molecule has 3 atom stereocenters. The van der Waals surface area contributed by atoms with Gasteiger partial charge in [-0.2, -0.15) is 13.2 Å². The fourth-order valence-corrected chi connectivity index (χ4v) is 8.99. The molecule has 1 fully saturated rings. The van der Waals surface area contributed by atoms with Gasteiger partial charge >= 0.3 is 11.0 Å². The molecule has 3 amide bonds. The maximum absolute atomic E-state index is 14.1. The molecule has 8 nitrogen and oxygen atoms in total. The van der Waals surface area contributed by atoms with E-state index in [0.717, 1.165) is 65.1 Å². The molecular weight excluding hydrogens is 650 g/mol. The van der Waals surface area contributed by atoms with Gasteiger partial charge in [0, 0.05) is 29.6 Å². The van der Waals surface area contributed by atoms with Crippen molar-refractivity contribution in [2.45, 2.75) is 49.7 Å². The summed E-state index contributed by atoms with van der Waals surface area (Å²) < 4.78 is 41.9. The molecule has 1 aromatic heterocycles. The number of thioether (sulfide) groups is 1. The number of aromatic nitrogens is 1. The van der Waals surface area contributed by atoms with E-state index < -0.39 is 57.7 Å². The predicted octanol–water partition coefficient (Wildman–Crippen LogP) is 6.52. The summed E-state index contributed by atoms with van der Waals surface area (Å²) in [6.07, 6.45) is -4.69. The second-order valence-electron chi connectivity index (χ2n) is 11.4. The first-order valence-corrected chi connectivity index (χ1v) is 16.8. The van der Waals surface area contributed by atoms with Gasteiger partial charge < -0.3 is 10.2 Å². The second kappa shape index (κ2) is 12.7. The second-order valence-corrected chi connectivity index (χ2v) is 13.5. The van der Waals surface area contributed by atoms with E-state index in [2.05, 4.69) is 10.2 Å². The molecule has 1 N–H and O–H groups in total. The molecule has 4 aromatic rings. The SMILES string of the molecule is CCN(CC)c1ccc([C@H]2c3sc(=O)n(CC(=O)Nc4ccccc4C(F)(F)F)c3SC3C(=O)N(c4ccc(C)cc4)C(=O)C32)cc1. The van der Waals surface area contributed by atoms with Crippen LogP contribution in [0.15, 0.2) is 82.6 Å². The van der Waals surface area contributed by atoms with E-state index in [4.69, 9.17) is 0 Å². The molecule has 2 unspecified atom stereocenters. The predicted molar refractivity (Wildman–Crippen MR) is 177 cm³/mol. The van der Waals surface area contributed by atoms with Gasteiger partial charge in [0.25, 0.3) is 0 Å². The minimum absolute atomic E-state index is 0.352. The molecule has 0 saturated carbocycles. The van der Waals surface area contributed by atoms with Crippen molar-refractivity contribution in [3.8, 4) is 0 Å². The Morgan fingerprint density at radius 2 is 1.57 bits per heavy atom. The number of halogens is 3. The lowest BCUT2D eigenvalue weighted by molar-refractivity contribution is -0.137. The van der Waals surface area contributed by atoms with Crippen LogP contribution in [0.4, 0.5) is 30.2 Å². The summed E-state index contributed by atoms with van der Waals surface area (Å²) in [5.74, 6) is -3.13. The number of carbonyl (C=O) groups excluding carboxylic acids is 3. The molecule has 13 heteroatoms. The lowest BCUT2D eigenvalue weighted by Crippen LogP contribution is -2.33. The highest BCUT2D eigenvalue weighted by Gasteiger charge is 2.56. The van der Waals surface area contributed by atoms with Gasteiger partial charge in [0.2, 0.25) is 17.7 Å². The van der Waals surface area contributed by atoms with Crippen molar-refractivity contribution in [1.29, 1.82) is 0 Å². The van der Waals surface area contributed by atoms with Crippen LogP contribution in [0.1, 0.15) is 41.3 Å². The number of anilines is 3. The number of alkyl halides is 3. The Morgan fingerprint density at radius 1 is 0.915 bits per heavy atom. The zero-order chi connectivity index (χ0) is 33.6. The first kappa shape index (κ1) is 32.6. The number of hydrogen-bond acceptors (Lipinski definition) is 7. The molecule has 1 saturated heterocycles. The average molecular weight is 681 g/mol. The van der Waals surface area contributed by atoms with E-state index in [1.165, 1.54) is 21.6 Å². The number of nitrogens with zero attached hydrogens (tertiary/aromatic N) is 3. The quantitative estimate of drug-likeness (QED) is 0.213. The van der Waals surface area contributed by atoms with Gasteiger partial charge in [-0.3, -0.25) is 23.7 Å². The maximum Gasteiger partial charge on any atom is 0.418 e.